The van der Waals surface area contributed by atoms with Crippen molar-refractivity contribution in [3.63, 3.8) is 0 Å². The quantitative estimate of drug-likeness (QED) is 0.861. The molecule has 3 rings (SSSR count). The number of anilines is 2. The van der Waals surface area contributed by atoms with Gasteiger partial charge >= 0.3 is 0 Å². The lowest BCUT2D eigenvalue weighted by Crippen LogP contribution is -2.39. The highest BCUT2D eigenvalue weighted by molar-refractivity contribution is 5.96. The van der Waals surface area contributed by atoms with E-state index in [-0.39, 0.29) is 23.7 Å². The molecule has 1 aromatic heterocycles. The van der Waals surface area contributed by atoms with Crippen molar-refractivity contribution in [1.29, 1.82) is 0 Å². The molecule has 1 fully saturated rings. The Labute approximate surface area is 159 Å². The number of benzene rings is 1. The molecule has 1 N–H and O–H groups in total. The molecule has 0 unspecified atom stereocenters. The highest BCUT2D eigenvalue weighted by Crippen LogP contribution is 2.32. The van der Waals surface area contributed by atoms with Crippen LogP contribution in [0, 0.1) is 25.7 Å². The molecule has 0 radical (unpaired) electrons. The summed E-state index contributed by atoms with van der Waals surface area (Å²) in [6.07, 6.45) is 2.89. The van der Waals surface area contributed by atoms with Crippen LogP contribution in [0.25, 0.3) is 0 Å². The normalized spacial score (nSPS) is 19.5. The maximum absolute atomic E-state index is 13.0. The molecule has 6 heteroatoms. The first-order valence-electron chi connectivity index (χ1n) is 9.60. The van der Waals surface area contributed by atoms with Crippen LogP contribution in [0.1, 0.15) is 43.9 Å². The van der Waals surface area contributed by atoms with E-state index in [4.69, 9.17) is 4.52 Å². The molecule has 0 saturated heterocycles. The van der Waals surface area contributed by atoms with Gasteiger partial charge in [-0.15, -0.1) is 0 Å². The van der Waals surface area contributed by atoms with Gasteiger partial charge in [0, 0.05) is 30.1 Å². The van der Waals surface area contributed by atoms with E-state index in [0.29, 0.717) is 31.0 Å². The molecular weight excluding hydrogens is 342 g/mol. The Morgan fingerprint density at radius 1 is 1.15 bits per heavy atom. The maximum Gasteiger partial charge on any atom is 0.230 e. The van der Waals surface area contributed by atoms with E-state index in [1.54, 1.807) is 13.0 Å². The van der Waals surface area contributed by atoms with Crippen molar-refractivity contribution in [2.24, 2.45) is 11.8 Å². The second-order valence-corrected chi connectivity index (χ2v) is 7.28. The van der Waals surface area contributed by atoms with Gasteiger partial charge in [-0.25, -0.2) is 0 Å². The third kappa shape index (κ3) is 4.56. The first kappa shape index (κ1) is 19.1. The molecule has 0 atom stereocenters. The van der Waals surface area contributed by atoms with Gasteiger partial charge in [0.05, 0.1) is 0 Å². The number of carbonyl (C=O) groups excluding carboxylic acids is 2. The largest absolute Gasteiger partial charge is 0.360 e. The summed E-state index contributed by atoms with van der Waals surface area (Å²) in [5.74, 6) is 1.13. The third-order valence-corrected chi connectivity index (χ3v) is 5.22. The van der Waals surface area contributed by atoms with Gasteiger partial charge in [-0.05, 0) is 64.2 Å². The molecule has 144 valence electrons. The molecule has 0 bridgehead atoms. The number of carbonyl (C=O) groups is 2. The van der Waals surface area contributed by atoms with Crippen LogP contribution in [0.3, 0.4) is 0 Å². The minimum absolute atomic E-state index is 0.0243. The Morgan fingerprint density at radius 3 is 2.44 bits per heavy atom. The number of aryl methyl sites for hydroxylation is 2. The van der Waals surface area contributed by atoms with Crippen molar-refractivity contribution >= 4 is 23.3 Å². The van der Waals surface area contributed by atoms with Crippen LogP contribution in [0.5, 0.6) is 0 Å². The van der Waals surface area contributed by atoms with Crippen LogP contribution in [0.15, 0.2) is 34.9 Å². The summed E-state index contributed by atoms with van der Waals surface area (Å²) in [7, 11) is 0. The lowest BCUT2D eigenvalue weighted by molar-refractivity contribution is -0.126. The van der Waals surface area contributed by atoms with E-state index in [1.165, 1.54) is 0 Å². The molecule has 1 aliphatic rings. The topological polar surface area (TPSA) is 75.4 Å². The second-order valence-electron chi connectivity index (χ2n) is 7.28. The molecular formula is C21H27N3O3. The number of hydrogen-bond donors (Lipinski definition) is 1. The van der Waals surface area contributed by atoms with Gasteiger partial charge in [0.1, 0.15) is 5.76 Å². The minimum atomic E-state index is -0.0832. The molecule has 2 amide bonds. The van der Waals surface area contributed by atoms with Crippen molar-refractivity contribution in [2.75, 3.05) is 16.8 Å². The Balaban J connectivity index is 1.57. The summed E-state index contributed by atoms with van der Waals surface area (Å²) in [6, 6.07) is 9.73. The Morgan fingerprint density at radius 2 is 1.85 bits per heavy atom. The van der Waals surface area contributed by atoms with E-state index in [0.717, 1.165) is 24.1 Å². The van der Waals surface area contributed by atoms with Crippen LogP contribution in [-0.4, -0.2) is 23.5 Å². The lowest BCUT2D eigenvalue weighted by Gasteiger charge is -2.31. The fraction of sp³-hybridized carbons (Fsp3) is 0.476. The van der Waals surface area contributed by atoms with Gasteiger partial charge in [0.2, 0.25) is 11.8 Å². The highest BCUT2D eigenvalue weighted by atomic mass is 16.5. The molecule has 2 aromatic rings. The SMILES string of the molecule is CCN(C(=O)C1CCC(C(=O)Nc2cc(C)on2)CC1)c1cccc(C)c1. The van der Waals surface area contributed by atoms with Crippen molar-refractivity contribution in [2.45, 2.75) is 46.5 Å². The molecule has 0 aliphatic heterocycles. The molecule has 1 saturated carbocycles. The monoisotopic (exact) mass is 369 g/mol. The summed E-state index contributed by atoms with van der Waals surface area (Å²) in [5.41, 5.74) is 2.09. The smallest absolute Gasteiger partial charge is 0.230 e. The van der Waals surface area contributed by atoms with Gasteiger partial charge in [-0.2, -0.15) is 0 Å². The predicted octanol–water partition coefficient (Wildman–Crippen LogP) is 4.09. The number of rotatable bonds is 5. The molecule has 1 aromatic carbocycles. The molecule has 0 spiro atoms. The van der Waals surface area contributed by atoms with E-state index in [1.807, 2.05) is 43.0 Å². The predicted molar refractivity (Wildman–Crippen MR) is 105 cm³/mol. The summed E-state index contributed by atoms with van der Waals surface area (Å²) < 4.78 is 4.98. The van der Waals surface area contributed by atoms with E-state index in [9.17, 15) is 9.59 Å². The third-order valence-electron chi connectivity index (χ3n) is 5.22. The van der Waals surface area contributed by atoms with Crippen LogP contribution >= 0.6 is 0 Å². The standard InChI is InChI=1S/C21H27N3O3/c1-4-24(18-7-5-6-14(2)12-18)21(26)17-10-8-16(9-11-17)20(25)22-19-13-15(3)27-23-19/h5-7,12-13,16-17H,4,8-11H2,1-3H3,(H,22,23,25). The van der Waals surface area contributed by atoms with Crippen molar-refractivity contribution in [3.05, 3.63) is 41.7 Å². The number of aromatic nitrogens is 1. The van der Waals surface area contributed by atoms with Crippen molar-refractivity contribution in [3.8, 4) is 0 Å². The first-order valence-corrected chi connectivity index (χ1v) is 9.60. The number of amides is 2. The number of nitrogens with zero attached hydrogens (tertiary/aromatic N) is 2. The van der Waals surface area contributed by atoms with Gasteiger partial charge in [-0.3, -0.25) is 9.59 Å². The van der Waals surface area contributed by atoms with Gasteiger partial charge < -0.3 is 14.7 Å². The summed E-state index contributed by atoms with van der Waals surface area (Å²) in [6.45, 7) is 6.46. The minimum Gasteiger partial charge on any atom is -0.360 e. The van der Waals surface area contributed by atoms with Crippen LogP contribution in [-0.2, 0) is 9.59 Å². The van der Waals surface area contributed by atoms with Crippen LogP contribution < -0.4 is 10.2 Å². The summed E-state index contributed by atoms with van der Waals surface area (Å²) in [4.78, 5) is 27.3. The average Bonchev–Trinajstić information content (AvgIpc) is 3.07. The van der Waals surface area contributed by atoms with Crippen molar-refractivity contribution < 1.29 is 14.1 Å². The summed E-state index contributed by atoms with van der Waals surface area (Å²) in [5, 5.41) is 6.60. The lowest BCUT2D eigenvalue weighted by atomic mass is 9.81. The van der Waals surface area contributed by atoms with Gasteiger partial charge in [0.25, 0.3) is 0 Å². The highest BCUT2D eigenvalue weighted by Gasteiger charge is 2.32. The van der Waals surface area contributed by atoms with E-state index < -0.39 is 0 Å². The van der Waals surface area contributed by atoms with Gasteiger partial charge in [-0.1, -0.05) is 17.3 Å². The Bertz CT molecular complexity index is 807. The Kier molecular flexibility index (Phi) is 5.94. The molecule has 6 nitrogen and oxygen atoms in total. The second kappa shape index (κ2) is 8.37. The average molecular weight is 369 g/mol. The van der Waals surface area contributed by atoms with E-state index >= 15 is 0 Å². The van der Waals surface area contributed by atoms with Crippen LogP contribution in [0.2, 0.25) is 0 Å². The number of nitrogens with one attached hydrogen (secondary N) is 1. The zero-order valence-corrected chi connectivity index (χ0v) is 16.2. The number of hydrogen-bond acceptors (Lipinski definition) is 4. The fourth-order valence-electron chi connectivity index (χ4n) is 3.74. The Hall–Kier alpha value is -2.63. The first-order chi connectivity index (χ1) is 13.0. The fourth-order valence-corrected chi connectivity index (χ4v) is 3.74. The zero-order chi connectivity index (χ0) is 19.4. The van der Waals surface area contributed by atoms with E-state index in [2.05, 4.69) is 10.5 Å². The maximum atomic E-state index is 13.0. The molecule has 27 heavy (non-hydrogen) atoms. The molecule has 1 aliphatic carbocycles. The zero-order valence-electron chi connectivity index (χ0n) is 16.2. The van der Waals surface area contributed by atoms with Crippen molar-refractivity contribution in [1.82, 2.24) is 5.16 Å². The van der Waals surface area contributed by atoms with Crippen LogP contribution in [0.4, 0.5) is 11.5 Å². The summed E-state index contributed by atoms with van der Waals surface area (Å²) >= 11 is 0. The molecule has 1 heterocycles. The van der Waals surface area contributed by atoms with Gasteiger partial charge in [0.15, 0.2) is 5.82 Å².